The predicted octanol–water partition coefficient (Wildman–Crippen LogP) is 1.89. The smallest absolute Gasteiger partial charge is 0.222 e. The molecule has 0 aliphatic carbocycles. The third kappa shape index (κ3) is 7.82. The van der Waals surface area contributed by atoms with Crippen molar-refractivity contribution in [3.8, 4) is 0 Å². The molecule has 0 unspecified atom stereocenters. The average molecular weight is 429 g/mol. The number of aliphatic imine (C=N–C) groups is 1. The first-order chi connectivity index (χ1) is 15.2. The average Bonchev–Trinajstić information content (AvgIpc) is 3.21. The van der Waals surface area contributed by atoms with Crippen LogP contribution in [0.25, 0.3) is 0 Å². The number of piperazine rings is 1. The largest absolute Gasteiger partial charge is 0.357 e. The maximum atomic E-state index is 11.7. The van der Waals surface area contributed by atoms with E-state index < -0.39 is 0 Å². The number of guanidine groups is 1. The van der Waals surface area contributed by atoms with Crippen LogP contribution in [0.1, 0.15) is 44.2 Å². The molecule has 1 amide bonds. The van der Waals surface area contributed by atoms with Crippen molar-refractivity contribution >= 4 is 11.9 Å². The lowest BCUT2D eigenvalue weighted by molar-refractivity contribution is -0.127. The molecule has 2 aliphatic heterocycles. The van der Waals surface area contributed by atoms with E-state index in [0.29, 0.717) is 18.9 Å². The van der Waals surface area contributed by atoms with E-state index in [1.165, 1.54) is 24.2 Å². The summed E-state index contributed by atoms with van der Waals surface area (Å²) in [6.45, 7) is 15.2. The Kier molecular flexibility index (Phi) is 9.62. The van der Waals surface area contributed by atoms with Crippen molar-refractivity contribution in [2.24, 2.45) is 4.99 Å². The van der Waals surface area contributed by atoms with Gasteiger partial charge in [0.25, 0.3) is 0 Å². The van der Waals surface area contributed by atoms with Crippen molar-refractivity contribution in [1.29, 1.82) is 0 Å². The van der Waals surface area contributed by atoms with Crippen LogP contribution in [0.2, 0.25) is 0 Å². The zero-order valence-electron chi connectivity index (χ0n) is 19.4. The lowest BCUT2D eigenvalue weighted by atomic mass is 10.1. The van der Waals surface area contributed by atoms with Gasteiger partial charge in [-0.2, -0.15) is 0 Å². The molecule has 172 valence electrons. The van der Waals surface area contributed by atoms with Gasteiger partial charge in [0.2, 0.25) is 5.91 Å². The van der Waals surface area contributed by atoms with Gasteiger partial charge in [-0.25, -0.2) is 4.99 Å². The molecule has 2 N–H and O–H groups in total. The van der Waals surface area contributed by atoms with Crippen molar-refractivity contribution in [3.05, 3.63) is 35.4 Å². The third-order valence-electron chi connectivity index (χ3n) is 6.17. The van der Waals surface area contributed by atoms with Gasteiger partial charge in [-0.1, -0.05) is 31.2 Å². The van der Waals surface area contributed by atoms with Crippen molar-refractivity contribution in [3.63, 3.8) is 0 Å². The van der Waals surface area contributed by atoms with Gasteiger partial charge in [-0.05, 0) is 37.4 Å². The zero-order valence-corrected chi connectivity index (χ0v) is 19.4. The van der Waals surface area contributed by atoms with Crippen LogP contribution >= 0.6 is 0 Å². The van der Waals surface area contributed by atoms with Gasteiger partial charge in [0.1, 0.15) is 0 Å². The number of likely N-dealkylation sites (tertiary alicyclic amines) is 1. The van der Waals surface area contributed by atoms with Gasteiger partial charge in [-0.3, -0.25) is 9.69 Å². The number of amides is 1. The summed E-state index contributed by atoms with van der Waals surface area (Å²) in [6.07, 6.45) is 2.66. The van der Waals surface area contributed by atoms with E-state index in [9.17, 15) is 4.79 Å². The van der Waals surface area contributed by atoms with E-state index in [0.717, 1.165) is 71.2 Å². The highest BCUT2D eigenvalue weighted by Gasteiger charge is 2.19. The zero-order chi connectivity index (χ0) is 21.9. The number of rotatable bonds is 10. The molecule has 2 fully saturated rings. The van der Waals surface area contributed by atoms with Crippen LogP contribution < -0.4 is 10.6 Å². The maximum Gasteiger partial charge on any atom is 0.222 e. The van der Waals surface area contributed by atoms with E-state index in [4.69, 9.17) is 4.99 Å². The molecule has 0 atom stereocenters. The Labute approximate surface area is 187 Å². The molecule has 31 heavy (non-hydrogen) atoms. The summed E-state index contributed by atoms with van der Waals surface area (Å²) in [5.41, 5.74) is 2.60. The lowest BCUT2D eigenvalue weighted by Crippen LogP contribution is -2.45. The van der Waals surface area contributed by atoms with E-state index in [-0.39, 0.29) is 0 Å². The molecule has 0 saturated carbocycles. The van der Waals surface area contributed by atoms with Crippen LogP contribution in [-0.4, -0.2) is 85.5 Å². The normalized spacial score (nSPS) is 18.6. The topological polar surface area (TPSA) is 63.2 Å². The summed E-state index contributed by atoms with van der Waals surface area (Å²) in [7, 11) is 0. The minimum absolute atomic E-state index is 0.298. The molecule has 0 radical (unpaired) electrons. The van der Waals surface area contributed by atoms with Gasteiger partial charge in [0.05, 0.1) is 6.54 Å². The second-order valence-corrected chi connectivity index (χ2v) is 8.49. The van der Waals surface area contributed by atoms with Gasteiger partial charge < -0.3 is 20.4 Å². The van der Waals surface area contributed by atoms with Crippen LogP contribution in [0.15, 0.2) is 29.3 Å². The SMILES string of the molecule is CCNC(=NCc1ccc(CN2CCN(CC)CC2)cc1)NCCCN1CCCC1=O. The second-order valence-electron chi connectivity index (χ2n) is 8.49. The quantitative estimate of drug-likeness (QED) is 0.339. The molecule has 3 rings (SSSR count). The lowest BCUT2D eigenvalue weighted by Gasteiger charge is -2.34. The molecular formula is C24H40N6O. The summed E-state index contributed by atoms with van der Waals surface area (Å²) in [4.78, 5) is 23.4. The Morgan fingerprint density at radius 1 is 0.968 bits per heavy atom. The van der Waals surface area contributed by atoms with Gasteiger partial charge >= 0.3 is 0 Å². The fourth-order valence-electron chi connectivity index (χ4n) is 4.20. The molecular weight excluding hydrogens is 388 g/mol. The molecule has 7 heteroatoms. The number of nitrogens with zero attached hydrogens (tertiary/aromatic N) is 4. The van der Waals surface area contributed by atoms with Crippen molar-refractivity contribution < 1.29 is 4.79 Å². The first-order valence-electron chi connectivity index (χ1n) is 12.0. The summed E-state index contributed by atoms with van der Waals surface area (Å²) >= 11 is 0. The first kappa shape index (κ1) is 23.5. The molecule has 0 aromatic heterocycles. The third-order valence-corrected chi connectivity index (χ3v) is 6.17. The van der Waals surface area contributed by atoms with E-state index in [1.54, 1.807) is 0 Å². The van der Waals surface area contributed by atoms with Crippen molar-refractivity contribution in [1.82, 2.24) is 25.3 Å². The van der Waals surface area contributed by atoms with Gasteiger partial charge in [-0.15, -0.1) is 0 Å². The number of hydrogen-bond acceptors (Lipinski definition) is 4. The highest BCUT2D eigenvalue weighted by molar-refractivity contribution is 5.79. The summed E-state index contributed by atoms with van der Waals surface area (Å²) in [5.74, 6) is 1.14. The van der Waals surface area contributed by atoms with Crippen LogP contribution in [0, 0.1) is 0 Å². The van der Waals surface area contributed by atoms with E-state index in [1.807, 2.05) is 4.90 Å². The molecule has 2 heterocycles. The molecule has 2 aliphatic rings. The minimum atomic E-state index is 0.298. The van der Waals surface area contributed by atoms with Crippen molar-refractivity contribution in [2.75, 3.05) is 58.9 Å². The first-order valence-corrected chi connectivity index (χ1v) is 12.0. The number of carbonyl (C=O) groups excluding carboxylic acids is 1. The predicted molar refractivity (Wildman–Crippen MR) is 127 cm³/mol. The van der Waals surface area contributed by atoms with Crippen molar-refractivity contribution in [2.45, 2.75) is 46.2 Å². The highest BCUT2D eigenvalue weighted by atomic mass is 16.2. The number of hydrogen-bond donors (Lipinski definition) is 2. The summed E-state index contributed by atoms with van der Waals surface area (Å²) < 4.78 is 0. The number of likely N-dealkylation sites (N-methyl/N-ethyl adjacent to an activating group) is 1. The Bertz CT molecular complexity index is 697. The van der Waals surface area contributed by atoms with E-state index in [2.05, 4.69) is 58.5 Å². The van der Waals surface area contributed by atoms with Crippen LogP contribution in [0.4, 0.5) is 0 Å². The standard InChI is InChI=1S/C24H40N6O/c1-3-25-24(26-12-6-14-30-13-5-7-23(30)31)27-19-21-8-10-22(11-9-21)20-29-17-15-28(4-2)16-18-29/h8-11H,3-7,12-20H2,1-2H3,(H2,25,26,27). The molecule has 7 nitrogen and oxygen atoms in total. The molecule has 0 bridgehead atoms. The van der Waals surface area contributed by atoms with Crippen LogP contribution in [0.5, 0.6) is 0 Å². The molecule has 1 aromatic carbocycles. The van der Waals surface area contributed by atoms with Crippen LogP contribution in [-0.2, 0) is 17.9 Å². The Morgan fingerprint density at radius 2 is 1.68 bits per heavy atom. The molecule has 0 spiro atoms. The monoisotopic (exact) mass is 428 g/mol. The highest BCUT2D eigenvalue weighted by Crippen LogP contribution is 2.11. The number of benzene rings is 1. The second kappa shape index (κ2) is 12.7. The minimum Gasteiger partial charge on any atom is -0.357 e. The fraction of sp³-hybridized carbons (Fsp3) is 0.667. The summed E-state index contributed by atoms with van der Waals surface area (Å²) in [6, 6.07) is 8.88. The number of nitrogens with one attached hydrogen (secondary N) is 2. The molecule has 2 saturated heterocycles. The van der Waals surface area contributed by atoms with Gasteiger partial charge in [0.15, 0.2) is 5.96 Å². The van der Waals surface area contributed by atoms with Crippen LogP contribution in [0.3, 0.4) is 0 Å². The Morgan fingerprint density at radius 3 is 2.32 bits per heavy atom. The van der Waals surface area contributed by atoms with Gasteiger partial charge in [0, 0.05) is 65.3 Å². The van der Waals surface area contributed by atoms with E-state index >= 15 is 0 Å². The Balaban J connectivity index is 1.40. The summed E-state index contributed by atoms with van der Waals surface area (Å²) in [5, 5.41) is 6.71. The molecule has 1 aromatic rings. The fourth-order valence-corrected chi connectivity index (χ4v) is 4.20. The maximum absolute atomic E-state index is 11.7. The number of carbonyl (C=O) groups is 1. The Hall–Kier alpha value is -2.12.